The highest BCUT2D eigenvalue weighted by Gasteiger charge is 2.67. The van der Waals surface area contributed by atoms with Crippen molar-refractivity contribution in [1.29, 1.82) is 0 Å². The molecule has 7 heteroatoms. The van der Waals surface area contributed by atoms with Crippen LogP contribution in [0.3, 0.4) is 0 Å². The van der Waals surface area contributed by atoms with E-state index < -0.39 is 60.0 Å². The van der Waals surface area contributed by atoms with E-state index in [0.29, 0.717) is 24.2 Å². The highest BCUT2D eigenvalue weighted by atomic mass is 16.4. The number of rotatable bonds is 12. The molecule has 0 aromatic heterocycles. The lowest BCUT2D eigenvalue weighted by Gasteiger charge is -2.63. The van der Waals surface area contributed by atoms with Gasteiger partial charge in [-0.15, -0.1) is 0 Å². The first kappa shape index (κ1) is 34.6. The lowest BCUT2D eigenvalue weighted by atomic mass is 9.46. The van der Waals surface area contributed by atoms with E-state index in [4.69, 9.17) is 0 Å². The van der Waals surface area contributed by atoms with Gasteiger partial charge in [-0.05, 0) is 80.5 Å². The molecule has 0 heterocycles. The van der Waals surface area contributed by atoms with E-state index in [2.05, 4.69) is 27.7 Å². The molecule has 4 rings (SSSR count). The van der Waals surface area contributed by atoms with Gasteiger partial charge in [0.1, 0.15) is 5.60 Å². The fourth-order valence-electron chi connectivity index (χ4n) is 10.6. The van der Waals surface area contributed by atoms with Crippen LogP contribution in [-0.2, 0) is 0 Å². The summed E-state index contributed by atoms with van der Waals surface area (Å²) in [6.45, 7) is 10.5. The molecule has 15 unspecified atom stereocenters. The maximum atomic E-state index is 12.0. The maximum Gasteiger partial charge on any atom is 0.120 e. The Morgan fingerprint density at radius 2 is 1.36 bits per heavy atom. The third-order valence-corrected chi connectivity index (χ3v) is 12.8. The Morgan fingerprint density at radius 1 is 0.738 bits per heavy atom. The van der Waals surface area contributed by atoms with Gasteiger partial charge >= 0.3 is 0 Å². The first-order valence-electron chi connectivity index (χ1n) is 17.7. The monoisotopic (exact) mass is 596 g/mol. The standard InChI is InChI=1S/C35H64O7/c1-6-8-10-12-21(13-11-9-7-2)14-23-17-25(19(3)4)26-16-22-15-24-18-27(37)28(20(5)36)33(40)35(24,42)34(41)29(22)32(39)30(26)31(23)38/h19-34,36-42H,6-18H2,1-5H3. The van der Waals surface area contributed by atoms with E-state index in [1.807, 2.05) is 0 Å². The Bertz CT molecular complexity index is 826. The van der Waals surface area contributed by atoms with Gasteiger partial charge in [0.05, 0.1) is 36.6 Å². The van der Waals surface area contributed by atoms with Crippen LogP contribution in [0, 0.1) is 59.2 Å². The second kappa shape index (κ2) is 14.4. The van der Waals surface area contributed by atoms with E-state index in [-0.39, 0.29) is 30.1 Å². The van der Waals surface area contributed by atoms with Crippen LogP contribution >= 0.6 is 0 Å². The van der Waals surface area contributed by atoms with E-state index in [9.17, 15) is 35.7 Å². The van der Waals surface area contributed by atoms with E-state index in [1.165, 1.54) is 58.3 Å². The molecule has 0 aliphatic heterocycles. The van der Waals surface area contributed by atoms with Gasteiger partial charge in [0.2, 0.25) is 0 Å². The highest BCUT2D eigenvalue weighted by molar-refractivity contribution is 5.16. The first-order valence-corrected chi connectivity index (χ1v) is 17.7. The molecule has 0 amide bonds. The second-order valence-corrected chi connectivity index (χ2v) is 15.6. The van der Waals surface area contributed by atoms with Gasteiger partial charge in [0.15, 0.2) is 0 Å². The minimum absolute atomic E-state index is 0.0649. The summed E-state index contributed by atoms with van der Waals surface area (Å²) in [6, 6.07) is 0. The SMILES string of the molecule is CCCCCC(CCCCC)CC1CC(C(C)C)C2CC3CC4CC(O)C(C(C)O)C(O)C4(O)C(O)C3C(O)C2C1O. The molecule has 0 aromatic rings. The van der Waals surface area contributed by atoms with Gasteiger partial charge in [-0.25, -0.2) is 0 Å². The Kier molecular flexibility index (Phi) is 11.9. The third kappa shape index (κ3) is 6.50. The Hall–Kier alpha value is -0.280. The summed E-state index contributed by atoms with van der Waals surface area (Å²) in [5.41, 5.74) is -1.92. The van der Waals surface area contributed by atoms with Crippen molar-refractivity contribution in [1.82, 2.24) is 0 Å². The molecule has 0 spiro atoms. The zero-order chi connectivity index (χ0) is 30.9. The molecule has 4 aliphatic rings. The summed E-state index contributed by atoms with van der Waals surface area (Å²) in [7, 11) is 0. The summed E-state index contributed by atoms with van der Waals surface area (Å²) in [5, 5.41) is 80.1. The largest absolute Gasteiger partial charge is 0.393 e. The number of aliphatic hydroxyl groups is 7. The van der Waals surface area contributed by atoms with E-state index in [1.54, 1.807) is 0 Å². The van der Waals surface area contributed by atoms with Crippen molar-refractivity contribution in [2.24, 2.45) is 59.2 Å². The zero-order valence-corrected chi connectivity index (χ0v) is 27.1. The van der Waals surface area contributed by atoms with Crippen LogP contribution in [0.4, 0.5) is 0 Å². The minimum Gasteiger partial charge on any atom is -0.393 e. The van der Waals surface area contributed by atoms with Crippen LogP contribution in [0.2, 0.25) is 0 Å². The third-order valence-electron chi connectivity index (χ3n) is 12.8. The Balaban J connectivity index is 1.59. The number of unbranched alkanes of at least 4 members (excludes halogenated alkanes) is 4. The Labute approximate surface area is 255 Å². The average molecular weight is 597 g/mol. The molecule has 7 nitrogen and oxygen atoms in total. The zero-order valence-electron chi connectivity index (χ0n) is 27.1. The molecule has 42 heavy (non-hydrogen) atoms. The smallest absolute Gasteiger partial charge is 0.120 e. The van der Waals surface area contributed by atoms with Crippen LogP contribution in [-0.4, -0.2) is 78.0 Å². The second-order valence-electron chi connectivity index (χ2n) is 15.6. The topological polar surface area (TPSA) is 142 Å². The van der Waals surface area contributed by atoms with Crippen molar-refractivity contribution < 1.29 is 35.7 Å². The normalized spacial score (nSPS) is 46.3. The fraction of sp³-hybridized carbons (Fsp3) is 1.00. The van der Waals surface area contributed by atoms with Gasteiger partial charge in [0, 0.05) is 17.8 Å². The lowest BCUT2D eigenvalue weighted by Crippen LogP contribution is -2.73. The van der Waals surface area contributed by atoms with Gasteiger partial charge in [0.25, 0.3) is 0 Å². The summed E-state index contributed by atoms with van der Waals surface area (Å²) in [4.78, 5) is 0. The Morgan fingerprint density at radius 3 is 1.90 bits per heavy atom. The molecule has 246 valence electrons. The summed E-state index contributed by atoms with van der Waals surface area (Å²) < 4.78 is 0. The average Bonchev–Trinajstić information content (AvgIpc) is 2.91. The number of fused-ring (bicyclic) bond motifs is 3. The van der Waals surface area contributed by atoms with Crippen LogP contribution < -0.4 is 0 Å². The number of hydrogen-bond donors (Lipinski definition) is 7. The molecular weight excluding hydrogens is 532 g/mol. The summed E-state index contributed by atoms with van der Waals surface area (Å²) in [6.07, 6.45) is 6.50. The van der Waals surface area contributed by atoms with Crippen LogP contribution in [0.25, 0.3) is 0 Å². The molecule has 4 saturated carbocycles. The van der Waals surface area contributed by atoms with Crippen molar-refractivity contribution in [2.75, 3.05) is 0 Å². The van der Waals surface area contributed by atoms with Gasteiger partial charge in [-0.2, -0.15) is 0 Å². The molecule has 0 radical (unpaired) electrons. The number of hydrogen-bond acceptors (Lipinski definition) is 7. The molecule has 4 fully saturated rings. The van der Waals surface area contributed by atoms with Crippen LogP contribution in [0.5, 0.6) is 0 Å². The predicted molar refractivity (Wildman–Crippen MR) is 164 cm³/mol. The molecule has 7 N–H and O–H groups in total. The fourth-order valence-corrected chi connectivity index (χ4v) is 10.6. The number of aliphatic hydroxyl groups excluding tert-OH is 6. The van der Waals surface area contributed by atoms with Crippen molar-refractivity contribution in [3.05, 3.63) is 0 Å². The van der Waals surface area contributed by atoms with Gasteiger partial charge in [-0.3, -0.25) is 0 Å². The molecule has 0 saturated heterocycles. The van der Waals surface area contributed by atoms with Gasteiger partial charge < -0.3 is 35.7 Å². The van der Waals surface area contributed by atoms with E-state index >= 15 is 0 Å². The molecule has 4 aliphatic carbocycles. The minimum atomic E-state index is -1.92. The van der Waals surface area contributed by atoms with Crippen molar-refractivity contribution >= 4 is 0 Å². The van der Waals surface area contributed by atoms with Crippen molar-refractivity contribution in [3.63, 3.8) is 0 Å². The first-order chi connectivity index (χ1) is 19.9. The maximum absolute atomic E-state index is 12.0. The molecule has 0 bridgehead atoms. The van der Waals surface area contributed by atoms with Crippen molar-refractivity contribution in [2.45, 2.75) is 160 Å². The van der Waals surface area contributed by atoms with Gasteiger partial charge in [-0.1, -0.05) is 79.1 Å². The molecular formula is C35H64O7. The summed E-state index contributed by atoms with van der Waals surface area (Å²) in [5.74, 6) is -1.03. The van der Waals surface area contributed by atoms with E-state index in [0.717, 1.165) is 19.3 Å². The lowest BCUT2D eigenvalue weighted by molar-refractivity contribution is -0.296. The van der Waals surface area contributed by atoms with Crippen molar-refractivity contribution in [3.8, 4) is 0 Å². The quantitative estimate of drug-likeness (QED) is 0.167. The molecule has 0 aromatic carbocycles. The predicted octanol–water partition coefficient (Wildman–Crippen LogP) is 4.27. The highest BCUT2D eigenvalue weighted by Crippen LogP contribution is 2.60. The summed E-state index contributed by atoms with van der Waals surface area (Å²) >= 11 is 0. The van der Waals surface area contributed by atoms with Crippen LogP contribution in [0.15, 0.2) is 0 Å². The molecule has 15 atom stereocenters. The van der Waals surface area contributed by atoms with Crippen LogP contribution in [0.1, 0.15) is 118 Å².